The van der Waals surface area contributed by atoms with Crippen LogP contribution < -0.4 is 10.2 Å². The lowest BCUT2D eigenvalue weighted by atomic mass is 9.84. The van der Waals surface area contributed by atoms with Crippen molar-refractivity contribution in [3.8, 4) is 5.75 Å². The molecule has 1 amide bonds. The molecule has 35 heavy (non-hydrogen) atoms. The van der Waals surface area contributed by atoms with E-state index in [1.165, 1.54) is 23.5 Å². The highest BCUT2D eigenvalue weighted by Gasteiger charge is 2.56. The number of para-hydroxylation sites is 1. The Morgan fingerprint density at radius 1 is 1.17 bits per heavy atom. The Labute approximate surface area is 203 Å². The molecule has 2 aromatic carbocycles. The number of benzene rings is 2. The zero-order valence-corrected chi connectivity index (χ0v) is 20.2. The monoisotopic (exact) mass is 497 g/mol. The van der Waals surface area contributed by atoms with Gasteiger partial charge in [0.1, 0.15) is 12.4 Å². The number of aromatic nitrogens is 1. The van der Waals surface area contributed by atoms with Gasteiger partial charge in [0.25, 0.3) is 5.91 Å². The molecule has 9 nitrogen and oxygen atoms in total. The van der Waals surface area contributed by atoms with Crippen molar-refractivity contribution in [1.29, 1.82) is 0 Å². The van der Waals surface area contributed by atoms with Crippen molar-refractivity contribution < 1.29 is 27.9 Å². The molecule has 4 unspecified atom stereocenters. The van der Waals surface area contributed by atoms with E-state index < -0.39 is 34.0 Å². The number of nitrogens with zero attached hydrogens (tertiary/aromatic N) is 2. The molecule has 3 heterocycles. The Morgan fingerprint density at radius 2 is 1.89 bits per heavy atom. The maximum absolute atomic E-state index is 13.4. The van der Waals surface area contributed by atoms with E-state index in [-0.39, 0.29) is 11.0 Å². The third-order valence-electron chi connectivity index (χ3n) is 6.89. The maximum atomic E-state index is 13.4. The molecule has 2 N–H and O–H groups in total. The van der Waals surface area contributed by atoms with Gasteiger partial charge in [0, 0.05) is 23.7 Å². The lowest BCUT2D eigenvalue weighted by Crippen LogP contribution is -2.52. The topological polar surface area (TPSA) is 118 Å². The Balaban J connectivity index is 1.33. The van der Waals surface area contributed by atoms with E-state index in [0.29, 0.717) is 25.2 Å². The lowest BCUT2D eigenvalue weighted by molar-refractivity contribution is -0.136. The second-order valence-electron chi connectivity index (χ2n) is 9.00. The van der Waals surface area contributed by atoms with E-state index >= 15 is 0 Å². The summed E-state index contributed by atoms with van der Waals surface area (Å²) in [5.41, 5.74) is 4.44. The largest absolute Gasteiger partial charge is 0.489 e. The number of carbonyl (C=O) groups is 1. The predicted octanol–water partition coefficient (Wildman–Crippen LogP) is 2.79. The number of carbonyl (C=O) groups excluding carboxylic acids is 1. The Hall–Kier alpha value is -3.05. The molecule has 0 aliphatic carbocycles. The number of hydrogen-bond acceptors (Lipinski definition) is 7. The van der Waals surface area contributed by atoms with Gasteiger partial charge >= 0.3 is 0 Å². The van der Waals surface area contributed by atoms with E-state index in [1.807, 2.05) is 37.3 Å². The third-order valence-corrected chi connectivity index (χ3v) is 8.76. The van der Waals surface area contributed by atoms with Gasteiger partial charge in [0.2, 0.25) is 10.0 Å². The third kappa shape index (κ3) is 4.27. The van der Waals surface area contributed by atoms with Gasteiger partial charge in [-0.3, -0.25) is 15.0 Å². The van der Waals surface area contributed by atoms with Crippen molar-refractivity contribution in [1.82, 2.24) is 14.8 Å². The highest BCUT2D eigenvalue weighted by atomic mass is 32.2. The van der Waals surface area contributed by atoms with Crippen molar-refractivity contribution in [2.24, 2.45) is 5.92 Å². The smallest absolute Gasteiger partial charge is 0.250 e. The van der Waals surface area contributed by atoms with Gasteiger partial charge in [-0.05, 0) is 56.2 Å². The van der Waals surface area contributed by atoms with Crippen LogP contribution in [0.4, 0.5) is 0 Å². The zero-order valence-electron chi connectivity index (χ0n) is 19.4. The van der Waals surface area contributed by atoms with Crippen LogP contribution in [0.15, 0.2) is 59.5 Å². The first-order valence-electron chi connectivity index (χ1n) is 11.4. The van der Waals surface area contributed by atoms with Crippen molar-refractivity contribution in [3.05, 3.63) is 65.9 Å². The fourth-order valence-corrected chi connectivity index (χ4v) is 6.62. The minimum Gasteiger partial charge on any atom is -0.489 e. The van der Waals surface area contributed by atoms with Crippen LogP contribution in [0.2, 0.25) is 0 Å². The first kappa shape index (κ1) is 23.7. The highest BCUT2D eigenvalue weighted by Crippen LogP contribution is 2.43. The Bertz CT molecular complexity index is 1360. The molecule has 5 rings (SSSR count). The summed E-state index contributed by atoms with van der Waals surface area (Å²) in [6.07, 6.45) is 0.535. The number of pyridine rings is 1. The van der Waals surface area contributed by atoms with Gasteiger partial charge in [0.15, 0.2) is 0 Å². The molecule has 2 aliphatic heterocycles. The van der Waals surface area contributed by atoms with Crippen molar-refractivity contribution in [3.63, 3.8) is 0 Å². The van der Waals surface area contributed by atoms with E-state index in [2.05, 4.69) is 4.98 Å². The van der Waals surface area contributed by atoms with Crippen molar-refractivity contribution in [2.75, 3.05) is 7.05 Å². The van der Waals surface area contributed by atoms with Gasteiger partial charge in [-0.2, -0.15) is 4.31 Å². The number of fused-ring (bicyclic) bond motifs is 3. The Morgan fingerprint density at radius 3 is 2.63 bits per heavy atom. The minimum absolute atomic E-state index is 0.0866. The molecular weight excluding hydrogens is 470 g/mol. The summed E-state index contributed by atoms with van der Waals surface area (Å²) in [6.45, 7) is 2.25. The van der Waals surface area contributed by atoms with Gasteiger partial charge < -0.3 is 9.47 Å². The summed E-state index contributed by atoms with van der Waals surface area (Å²) < 4.78 is 39.7. The molecule has 2 fully saturated rings. The molecular formula is C25H27N3O6S. The molecule has 0 spiro atoms. The zero-order chi connectivity index (χ0) is 24.7. The van der Waals surface area contributed by atoms with Crippen LogP contribution in [0.3, 0.4) is 0 Å². The number of nitrogens with one attached hydrogen (secondary N) is 1. The first-order chi connectivity index (χ1) is 16.8. The molecule has 1 aromatic heterocycles. The average molecular weight is 498 g/mol. The standard InChI is InChI=1S/C25H27N3O6S/c1-15-13-16(19-5-3-4-6-20(19)26-15)14-33-17-7-9-18(10-8-17)35(31,32)28(2)24-22-12-11-21(34-22)23(24)25(29)27-30/h3-10,13,21-24,30H,11-12,14H2,1-2H3,(H,27,29). The molecule has 4 atom stereocenters. The number of likely N-dealkylation sites (N-methyl/N-ethyl adjacent to an activating group) is 1. The van der Waals surface area contributed by atoms with E-state index in [1.54, 1.807) is 17.6 Å². The molecule has 0 saturated carbocycles. The molecule has 184 valence electrons. The van der Waals surface area contributed by atoms with Crippen LogP contribution in [0.5, 0.6) is 5.75 Å². The molecule has 10 heteroatoms. The number of amides is 1. The summed E-state index contributed by atoms with van der Waals surface area (Å²) in [6, 6.07) is 15.4. The van der Waals surface area contributed by atoms with Crippen LogP contribution in [0, 0.1) is 12.8 Å². The summed E-state index contributed by atoms with van der Waals surface area (Å²) in [5.74, 6) is -0.863. The fraction of sp³-hybridized carbons (Fsp3) is 0.360. The first-order valence-corrected chi connectivity index (χ1v) is 12.9. The van der Waals surface area contributed by atoms with E-state index in [4.69, 9.17) is 14.7 Å². The number of rotatable bonds is 7. The number of sulfonamides is 1. The quantitative estimate of drug-likeness (QED) is 0.381. The normalized spacial score (nSPS) is 23.7. The summed E-state index contributed by atoms with van der Waals surface area (Å²) in [4.78, 5) is 16.9. The molecule has 2 saturated heterocycles. The van der Waals surface area contributed by atoms with Gasteiger partial charge in [-0.25, -0.2) is 13.9 Å². The number of aryl methyl sites for hydroxylation is 1. The maximum Gasteiger partial charge on any atom is 0.250 e. The molecule has 0 radical (unpaired) electrons. The van der Waals surface area contributed by atoms with Gasteiger partial charge in [-0.1, -0.05) is 18.2 Å². The second kappa shape index (κ2) is 9.19. The van der Waals surface area contributed by atoms with Crippen LogP contribution in [0.1, 0.15) is 24.1 Å². The number of hydroxylamine groups is 1. The second-order valence-corrected chi connectivity index (χ2v) is 11.0. The molecule has 2 bridgehead atoms. The summed E-state index contributed by atoms with van der Waals surface area (Å²) in [7, 11) is -2.46. The van der Waals surface area contributed by atoms with Gasteiger partial charge in [0.05, 0.1) is 34.6 Å². The van der Waals surface area contributed by atoms with Crippen LogP contribution >= 0.6 is 0 Å². The molecule has 2 aliphatic rings. The lowest BCUT2D eigenvalue weighted by Gasteiger charge is -2.33. The van der Waals surface area contributed by atoms with Crippen molar-refractivity contribution >= 4 is 26.8 Å². The average Bonchev–Trinajstić information content (AvgIpc) is 3.48. The van der Waals surface area contributed by atoms with Crippen molar-refractivity contribution in [2.45, 2.75) is 49.5 Å². The van der Waals surface area contributed by atoms with E-state index in [0.717, 1.165) is 22.2 Å². The highest BCUT2D eigenvalue weighted by molar-refractivity contribution is 7.89. The minimum atomic E-state index is -3.91. The number of ether oxygens (including phenoxy) is 2. The fourth-order valence-electron chi connectivity index (χ4n) is 5.22. The number of hydrogen-bond donors (Lipinski definition) is 2. The summed E-state index contributed by atoms with van der Waals surface area (Å²) in [5, 5.41) is 10.1. The van der Waals surface area contributed by atoms with Crippen LogP contribution in [-0.2, 0) is 26.2 Å². The van der Waals surface area contributed by atoms with Crippen LogP contribution in [0.25, 0.3) is 10.9 Å². The predicted molar refractivity (Wildman–Crippen MR) is 127 cm³/mol. The van der Waals surface area contributed by atoms with E-state index in [9.17, 15) is 13.2 Å². The molecule has 3 aromatic rings. The SMILES string of the molecule is Cc1cc(COc2ccc(S(=O)(=O)N(C)C3C4CCC(O4)C3C(=O)NO)cc2)c2ccccc2n1. The van der Waals surface area contributed by atoms with Crippen LogP contribution in [-0.4, -0.2) is 54.1 Å². The Kier molecular flexibility index (Phi) is 6.22. The van der Waals surface area contributed by atoms with Gasteiger partial charge in [-0.15, -0.1) is 0 Å². The summed E-state index contributed by atoms with van der Waals surface area (Å²) >= 11 is 0.